The quantitative estimate of drug-likeness (QED) is 0.219. The van der Waals surface area contributed by atoms with Crippen molar-refractivity contribution in [3.63, 3.8) is 0 Å². The molecule has 0 aromatic heterocycles. The number of amides is 1. The number of nitrogens with one attached hydrogen (secondary N) is 1. The Kier molecular flexibility index (Phi) is 3.31. The second-order valence-corrected chi connectivity index (χ2v) is 1.45. The highest BCUT2D eigenvalue weighted by molar-refractivity contribution is 5.96. The summed E-state index contributed by atoms with van der Waals surface area (Å²) in [6.45, 7) is 1.35. The summed E-state index contributed by atoms with van der Waals surface area (Å²) < 4.78 is 0. The van der Waals surface area contributed by atoms with Crippen LogP contribution in [-0.2, 0) is 9.59 Å². The normalized spacial score (nSPS) is 9.56. The minimum absolute atomic E-state index is 0.182. The lowest BCUT2D eigenvalue weighted by Crippen LogP contribution is -2.28. The van der Waals surface area contributed by atoms with Crippen LogP contribution in [0.5, 0.6) is 0 Å². The van der Waals surface area contributed by atoms with E-state index in [2.05, 4.69) is 0 Å². The first-order chi connectivity index (χ1) is 4.16. The van der Waals surface area contributed by atoms with Crippen LogP contribution in [0.2, 0.25) is 0 Å². The van der Waals surface area contributed by atoms with Gasteiger partial charge >= 0.3 is 0 Å². The van der Waals surface area contributed by atoms with E-state index < -0.39 is 5.91 Å². The summed E-state index contributed by atoms with van der Waals surface area (Å²) in [6.07, 6.45) is 2.21. The fraction of sp³-hybridized carbons (Fsp3) is 0.200. The number of nitrogens with two attached hydrogens (primary N) is 1. The molecule has 0 radical (unpaired) electrons. The van der Waals surface area contributed by atoms with Crippen molar-refractivity contribution in [1.29, 1.82) is 0 Å². The van der Waals surface area contributed by atoms with Crippen molar-refractivity contribution >= 4 is 11.7 Å². The molecule has 0 fully saturated rings. The van der Waals surface area contributed by atoms with Crippen LogP contribution in [-0.4, -0.2) is 11.7 Å². The second-order valence-electron chi connectivity index (χ2n) is 1.45. The maximum absolute atomic E-state index is 10.2. The molecule has 0 heterocycles. The van der Waals surface area contributed by atoms with Gasteiger partial charge in [-0.25, -0.2) is 5.84 Å². The highest BCUT2D eigenvalue weighted by Crippen LogP contribution is 1.72. The van der Waals surface area contributed by atoms with Crippen LogP contribution in [0.25, 0.3) is 0 Å². The number of carbonyl (C=O) groups excluding carboxylic acids is 2. The van der Waals surface area contributed by atoms with E-state index in [1.807, 2.05) is 5.43 Å². The minimum Gasteiger partial charge on any atom is -0.295 e. The van der Waals surface area contributed by atoms with Gasteiger partial charge in [0.2, 0.25) is 0 Å². The predicted octanol–water partition coefficient (Wildman–Crippen LogP) is -0.878. The van der Waals surface area contributed by atoms with Gasteiger partial charge in [-0.15, -0.1) is 0 Å². The third-order valence-electron chi connectivity index (χ3n) is 0.612. The Labute approximate surface area is 52.7 Å². The maximum Gasteiger partial charge on any atom is 0.258 e. The van der Waals surface area contributed by atoms with E-state index in [0.29, 0.717) is 0 Å². The van der Waals surface area contributed by atoms with E-state index in [1.165, 1.54) is 6.92 Å². The largest absolute Gasteiger partial charge is 0.295 e. The standard InChI is InChI=1S/C5H8N2O2/c1-4(8)2-3-5(9)7-6/h2-3H,6H2,1H3,(H,7,9). The van der Waals surface area contributed by atoms with Crippen LogP contribution in [0.1, 0.15) is 6.92 Å². The van der Waals surface area contributed by atoms with Crippen LogP contribution in [0, 0.1) is 0 Å². The fourth-order valence-electron chi connectivity index (χ4n) is 0.241. The Morgan fingerprint density at radius 1 is 1.44 bits per heavy atom. The fourth-order valence-corrected chi connectivity index (χ4v) is 0.241. The van der Waals surface area contributed by atoms with Crippen molar-refractivity contribution < 1.29 is 9.59 Å². The Morgan fingerprint density at radius 2 is 2.00 bits per heavy atom. The molecule has 4 nitrogen and oxygen atoms in total. The van der Waals surface area contributed by atoms with Gasteiger partial charge in [0.05, 0.1) is 0 Å². The molecule has 0 aromatic rings. The van der Waals surface area contributed by atoms with E-state index in [-0.39, 0.29) is 5.78 Å². The third-order valence-corrected chi connectivity index (χ3v) is 0.612. The van der Waals surface area contributed by atoms with Crippen molar-refractivity contribution in [2.45, 2.75) is 6.92 Å². The van der Waals surface area contributed by atoms with Crippen molar-refractivity contribution in [2.75, 3.05) is 0 Å². The summed E-state index contributed by atoms with van der Waals surface area (Å²) in [6, 6.07) is 0. The minimum atomic E-state index is -0.481. The monoisotopic (exact) mass is 128 g/mol. The second kappa shape index (κ2) is 3.80. The molecule has 0 spiro atoms. The first kappa shape index (κ1) is 7.84. The molecule has 0 rings (SSSR count). The Morgan fingerprint density at radius 3 is 2.33 bits per heavy atom. The Hall–Kier alpha value is -1.16. The molecule has 0 saturated carbocycles. The molecule has 0 unspecified atom stereocenters. The van der Waals surface area contributed by atoms with Crippen LogP contribution < -0.4 is 11.3 Å². The lowest BCUT2D eigenvalue weighted by Gasteiger charge is -1.86. The number of rotatable bonds is 2. The number of allylic oxidation sites excluding steroid dienone is 1. The van der Waals surface area contributed by atoms with Crippen LogP contribution in [0.15, 0.2) is 12.2 Å². The summed E-state index contributed by atoms with van der Waals surface area (Å²) in [5, 5.41) is 0. The van der Waals surface area contributed by atoms with Crippen LogP contribution in [0.3, 0.4) is 0 Å². The highest BCUT2D eigenvalue weighted by atomic mass is 16.2. The summed E-state index contributed by atoms with van der Waals surface area (Å²) in [7, 11) is 0. The molecule has 0 saturated heterocycles. The van der Waals surface area contributed by atoms with Gasteiger partial charge < -0.3 is 0 Å². The molecule has 0 atom stereocenters. The van der Waals surface area contributed by atoms with Crippen molar-refractivity contribution in [3.8, 4) is 0 Å². The van der Waals surface area contributed by atoms with Gasteiger partial charge in [-0.05, 0) is 13.0 Å². The number of ketones is 1. The molecule has 3 N–H and O–H groups in total. The summed E-state index contributed by atoms with van der Waals surface area (Å²) in [5.74, 6) is 4.03. The van der Waals surface area contributed by atoms with Gasteiger partial charge in [0.1, 0.15) is 0 Å². The zero-order valence-electron chi connectivity index (χ0n) is 5.05. The molecule has 9 heavy (non-hydrogen) atoms. The molecular weight excluding hydrogens is 120 g/mol. The van der Waals surface area contributed by atoms with Crippen LogP contribution >= 0.6 is 0 Å². The first-order valence-corrected chi connectivity index (χ1v) is 2.36. The smallest absolute Gasteiger partial charge is 0.258 e. The molecule has 0 bridgehead atoms. The zero-order chi connectivity index (χ0) is 7.28. The number of hydrogen-bond donors (Lipinski definition) is 2. The lowest BCUT2D eigenvalue weighted by molar-refractivity contribution is -0.117. The van der Waals surface area contributed by atoms with Crippen LogP contribution in [0.4, 0.5) is 0 Å². The van der Waals surface area contributed by atoms with Crippen molar-refractivity contribution in [3.05, 3.63) is 12.2 Å². The molecule has 50 valence electrons. The molecule has 0 aliphatic heterocycles. The molecule has 0 aliphatic carbocycles. The third kappa shape index (κ3) is 4.70. The molecule has 0 aromatic carbocycles. The highest BCUT2D eigenvalue weighted by Gasteiger charge is 1.88. The van der Waals surface area contributed by atoms with Gasteiger partial charge in [-0.2, -0.15) is 0 Å². The van der Waals surface area contributed by atoms with Gasteiger partial charge in [0, 0.05) is 6.08 Å². The molecule has 1 amide bonds. The van der Waals surface area contributed by atoms with E-state index in [4.69, 9.17) is 5.84 Å². The summed E-state index contributed by atoms with van der Waals surface area (Å²) in [5.41, 5.74) is 1.84. The van der Waals surface area contributed by atoms with E-state index in [9.17, 15) is 9.59 Å². The van der Waals surface area contributed by atoms with Crippen molar-refractivity contribution in [2.24, 2.45) is 5.84 Å². The summed E-state index contributed by atoms with van der Waals surface area (Å²) in [4.78, 5) is 20.4. The topological polar surface area (TPSA) is 72.2 Å². The Bertz CT molecular complexity index is 151. The number of hydrogen-bond acceptors (Lipinski definition) is 3. The molecule has 4 heteroatoms. The van der Waals surface area contributed by atoms with Gasteiger partial charge in [0.25, 0.3) is 5.91 Å². The zero-order valence-corrected chi connectivity index (χ0v) is 5.05. The maximum atomic E-state index is 10.2. The SMILES string of the molecule is CC(=O)C=CC(=O)NN. The number of hydrazine groups is 1. The van der Waals surface area contributed by atoms with E-state index in [0.717, 1.165) is 12.2 Å². The average molecular weight is 128 g/mol. The van der Waals surface area contributed by atoms with Gasteiger partial charge in [-0.3, -0.25) is 15.0 Å². The number of carbonyl (C=O) groups is 2. The first-order valence-electron chi connectivity index (χ1n) is 2.36. The Balaban J connectivity index is 3.71. The predicted molar refractivity (Wildman–Crippen MR) is 32.2 cm³/mol. The van der Waals surface area contributed by atoms with E-state index in [1.54, 1.807) is 0 Å². The van der Waals surface area contributed by atoms with Crippen molar-refractivity contribution in [1.82, 2.24) is 5.43 Å². The molecular formula is C5H8N2O2. The van der Waals surface area contributed by atoms with Gasteiger partial charge in [-0.1, -0.05) is 0 Å². The lowest BCUT2D eigenvalue weighted by atomic mass is 10.4. The average Bonchev–Trinajstić information content (AvgIpc) is 1.83. The van der Waals surface area contributed by atoms with Gasteiger partial charge in [0.15, 0.2) is 5.78 Å². The van der Waals surface area contributed by atoms with E-state index >= 15 is 0 Å². The summed E-state index contributed by atoms with van der Waals surface area (Å²) >= 11 is 0. The molecule has 0 aliphatic rings.